The monoisotopic (exact) mass is 285 g/mol. The van der Waals surface area contributed by atoms with Crippen molar-refractivity contribution in [3.05, 3.63) is 70.2 Å². The van der Waals surface area contributed by atoms with Gasteiger partial charge in [-0.15, -0.1) is 0 Å². The smallest absolute Gasteiger partial charge is 0.221 e. The molecule has 0 spiro atoms. The van der Waals surface area contributed by atoms with E-state index in [1.165, 1.54) is 0 Å². The lowest BCUT2D eigenvalue weighted by atomic mass is 9.87. The van der Waals surface area contributed by atoms with Crippen molar-refractivity contribution in [2.75, 3.05) is 0 Å². The van der Waals surface area contributed by atoms with E-state index in [9.17, 15) is 4.79 Å². The summed E-state index contributed by atoms with van der Waals surface area (Å²) in [4.78, 5) is 11.8. The van der Waals surface area contributed by atoms with E-state index in [2.05, 4.69) is 23.5 Å². The molecule has 0 bridgehead atoms. The Morgan fingerprint density at radius 3 is 2.55 bits per heavy atom. The SMILES string of the molecule is Cc1ccc(C2CC(=O)NC2c2ccccc2)cc1Cl. The molecule has 1 saturated heterocycles. The van der Waals surface area contributed by atoms with Crippen molar-refractivity contribution in [1.29, 1.82) is 0 Å². The van der Waals surface area contributed by atoms with Gasteiger partial charge in [0.2, 0.25) is 5.91 Å². The number of amides is 1. The fourth-order valence-electron chi connectivity index (χ4n) is 2.78. The highest BCUT2D eigenvalue weighted by atomic mass is 35.5. The first-order valence-electron chi connectivity index (χ1n) is 6.75. The molecule has 2 unspecified atom stereocenters. The number of aryl methyl sites for hydroxylation is 1. The Balaban J connectivity index is 1.98. The lowest BCUT2D eigenvalue weighted by Crippen LogP contribution is -2.20. The van der Waals surface area contributed by atoms with Crippen molar-refractivity contribution in [2.24, 2.45) is 0 Å². The molecule has 1 aliphatic rings. The van der Waals surface area contributed by atoms with Gasteiger partial charge < -0.3 is 5.32 Å². The number of rotatable bonds is 2. The molecule has 1 N–H and O–H groups in total. The average molecular weight is 286 g/mol. The molecule has 1 fully saturated rings. The Bertz CT molecular complexity index is 639. The van der Waals surface area contributed by atoms with Crippen molar-refractivity contribution < 1.29 is 4.79 Å². The van der Waals surface area contributed by atoms with E-state index in [-0.39, 0.29) is 17.9 Å². The van der Waals surface area contributed by atoms with Gasteiger partial charge in [-0.2, -0.15) is 0 Å². The topological polar surface area (TPSA) is 29.1 Å². The van der Waals surface area contributed by atoms with Crippen LogP contribution in [0.1, 0.15) is 35.1 Å². The predicted molar refractivity (Wildman–Crippen MR) is 80.9 cm³/mol. The molecule has 1 amide bonds. The predicted octanol–water partition coefficient (Wildman–Crippen LogP) is 3.99. The molecule has 3 heteroatoms. The van der Waals surface area contributed by atoms with Crippen LogP contribution in [0, 0.1) is 6.92 Å². The number of carbonyl (C=O) groups is 1. The second-order valence-corrected chi connectivity index (χ2v) is 5.68. The molecular formula is C17H16ClNO. The molecular weight excluding hydrogens is 270 g/mol. The van der Waals surface area contributed by atoms with Gasteiger partial charge in [0.05, 0.1) is 6.04 Å². The van der Waals surface area contributed by atoms with Crippen LogP contribution in [0.3, 0.4) is 0 Å². The van der Waals surface area contributed by atoms with Gasteiger partial charge in [0.1, 0.15) is 0 Å². The molecule has 2 aromatic carbocycles. The fourth-order valence-corrected chi connectivity index (χ4v) is 2.97. The Kier molecular flexibility index (Phi) is 3.49. The Morgan fingerprint density at radius 1 is 1.10 bits per heavy atom. The minimum atomic E-state index is 0.0301. The van der Waals surface area contributed by atoms with Crippen molar-refractivity contribution in [1.82, 2.24) is 5.32 Å². The van der Waals surface area contributed by atoms with Crippen LogP contribution < -0.4 is 5.32 Å². The number of benzene rings is 2. The second-order valence-electron chi connectivity index (χ2n) is 5.28. The Hall–Kier alpha value is -1.80. The zero-order valence-electron chi connectivity index (χ0n) is 11.3. The van der Waals surface area contributed by atoms with Crippen molar-refractivity contribution in [2.45, 2.75) is 25.3 Å². The third-order valence-electron chi connectivity index (χ3n) is 3.91. The maximum Gasteiger partial charge on any atom is 0.221 e. The number of nitrogens with one attached hydrogen (secondary N) is 1. The van der Waals surface area contributed by atoms with E-state index in [0.29, 0.717) is 6.42 Å². The van der Waals surface area contributed by atoms with Gasteiger partial charge in [0, 0.05) is 17.4 Å². The molecule has 102 valence electrons. The Morgan fingerprint density at radius 2 is 1.85 bits per heavy atom. The molecule has 1 heterocycles. The van der Waals surface area contributed by atoms with Gasteiger partial charge in [-0.3, -0.25) is 4.79 Å². The van der Waals surface area contributed by atoms with Crippen molar-refractivity contribution >= 4 is 17.5 Å². The van der Waals surface area contributed by atoms with Crippen LogP contribution in [-0.4, -0.2) is 5.91 Å². The molecule has 2 nitrogen and oxygen atoms in total. The normalized spacial score (nSPS) is 21.8. The first kappa shape index (κ1) is 13.2. The quantitative estimate of drug-likeness (QED) is 0.888. The molecule has 2 atom stereocenters. The second kappa shape index (κ2) is 5.29. The largest absolute Gasteiger partial charge is 0.349 e. The lowest BCUT2D eigenvalue weighted by molar-refractivity contribution is -0.119. The standard InChI is InChI=1S/C17H16ClNO/c1-11-7-8-13(9-15(11)18)14-10-16(20)19-17(14)12-5-3-2-4-6-12/h2-9,14,17H,10H2,1H3,(H,19,20). The molecule has 20 heavy (non-hydrogen) atoms. The van der Waals surface area contributed by atoms with E-state index in [1.54, 1.807) is 0 Å². The molecule has 0 saturated carbocycles. The summed E-state index contributed by atoms with van der Waals surface area (Å²) in [5, 5.41) is 3.83. The van der Waals surface area contributed by atoms with Gasteiger partial charge in [0.15, 0.2) is 0 Å². The molecule has 3 rings (SSSR count). The average Bonchev–Trinajstić information content (AvgIpc) is 2.85. The summed E-state index contributed by atoms with van der Waals surface area (Å²) in [6.07, 6.45) is 0.513. The highest BCUT2D eigenvalue weighted by molar-refractivity contribution is 6.31. The molecule has 2 aromatic rings. The maximum atomic E-state index is 11.8. The minimum absolute atomic E-state index is 0.0301. The summed E-state index contributed by atoms with van der Waals surface area (Å²) in [5.41, 5.74) is 3.32. The lowest BCUT2D eigenvalue weighted by Gasteiger charge is -2.20. The van der Waals surface area contributed by atoms with Gasteiger partial charge in [0.25, 0.3) is 0 Å². The summed E-state index contributed by atoms with van der Waals surface area (Å²) in [6, 6.07) is 16.2. The number of hydrogen-bond acceptors (Lipinski definition) is 1. The van der Waals surface area contributed by atoms with E-state index >= 15 is 0 Å². The van der Waals surface area contributed by atoms with Crippen LogP contribution in [-0.2, 0) is 4.79 Å². The van der Waals surface area contributed by atoms with Crippen LogP contribution >= 0.6 is 11.6 Å². The highest BCUT2D eigenvalue weighted by Gasteiger charge is 2.34. The van der Waals surface area contributed by atoms with Gasteiger partial charge in [-0.05, 0) is 29.7 Å². The minimum Gasteiger partial charge on any atom is -0.349 e. The van der Waals surface area contributed by atoms with Crippen molar-refractivity contribution in [3.8, 4) is 0 Å². The van der Waals surface area contributed by atoms with E-state index in [1.807, 2.05) is 37.3 Å². The molecule has 0 radical (unpaired) electrons. The number of carbonyl (C=O) groups excluding carboxylic acids is 1. The van der Waals surface area contributed by atoms with Crippen LogP contribution in [0.2, 0.25) is 5.02 Å². The van der Waals surface area contributed by atoms with Crippen LogP contribution in [0.25, 0.3) is 0 Å². The number of hydrogen-bond donors (Lipinski definition) is 1. The van der Waals surface area contributed by atoms with Gasteiger partial charge in [-0.25, -0.2) is 0 Å². The van der Waals surface area contributed by atoms with Gasteiger partial charge >= 0.3 is 0 Å². The van der Waals surface area contributed by atoms with E-state index in [4.69, 9.17) is 11.6 Å². The maximum absolute atomic E-state index is 11.8. The van der Waals surface area contributed by atoms with Crippen LogP contribution in [0.5, 0.6) is 0 Å². The first-order chi connectivity index (χ1) is 9.65. The summed E-state index contributed by atoms with van der Waals surface area (Å²) in [7, 11) is 0. The fraction of sp³-hybridized carbons (Fsp3) is 0.235. The zero-order valence-corrected chi connectivity index (χ0v) is 12.0. The van der Waals surface area contributed by atoms with E-state index in [0.717, 1.165) is 21.7 Å². The first-order valence-corrected chi connectivity index (χ1v) is 7.13. The molecule has 0 aliphatic carbocycles. The third-order valence-corrected chi connectivity index (χ3v) is 4.31. The number of halogens is 1. The van der Waals surface area contributed by atoms with E-state index < -0.39 is 0 Å². The summed E-state index contributed by atoms with van der Waals surface area (Å²) < 4.78 is 0. The molecule has 0 aromatic heterocycles. The third kappa shape index (κ3) is 2.44. The van der Waals surface area contributed by atoms with Gasteiger partial charge in [-0.1, -0.05) is 54.1 Å². The Labute approximate surface area is 123 Å². The molecule has 1 aliphatic heterocycles. The summed E-state index contributed by atoms with van der Waals surface area (Å²) in [5.74, 6) is 0.239. The van der Waals surface area contributed by atoms with Crippen LogP contribution in [0.15, 0.2) is 48.5 Å². The zero-order chi connectivity index (χ0) is 14.1. The summed E-state index contributed by atoms with van der Waals surface area (Å²) >= 11 is 6.22. The summed E-state index contributed by atoms with van der Waals surface area (Å²) in [6.45, 7) is 1.98. The highest BCUT2D eigenvalue weighted by Crippen LogP contribution is 2.39. The van der Waals surface area contributed by atoms with Crippen molar-refractivity contribution in [3.63, 3.8) is 0 Å². The van der Waals surface area contributed by atoms with Crippen LogP contribution in [0.4, 0.5) is 0 Å².